The predicted molar refractivity (Wildman–Crippen MR) is 151 cm³/mol. The highest BCUT2D eigenvalue weighted by Gasteiger charge is 2.23. The van der Waals surface area contributed by atoms with E-state index in [2.05, 4.69) is 70.5 Å². The fourth-order valence-electron chi connectivity index (χ4n) is 4.43. The first-order chi connectivity index (χ1) is 18.0. The molecule has 2 heterocycles. The molecule has 0 saturated carbocycles. The molecule has 0 aliphatic carbocycles. The summed E-state index contributed by atoms with van der Waals surface area (Å²) in [6.07, 6.45) is 5.51. The monoisotopic (exact) mass is 519 g/mol. The summed E-state index contributed by atoms with van der Waals surface area (Å²) in [5, 5.41) is 0.871. The minimum atomic E-state index is 0.214. The van der Waals surface area contributed by atoms with Crippen LogP contribution >= 0.6 is 11.5 Å². The normalized spacial score (nSPS) is 14.4. The molecule has 0 unspecified atom stereocenters. The maximum atomic E-state index is 13.0. The van der Waals surface area contributed by atoms with Crippen molar-refractivity contribution in [1.82, 2.24) is 19.2 Å². The van der Waals surface area contributed by atoms with Gasteiger partial charge in [0.1, 0.15) is 11.6 Å². The maximum absolute atomic E-state index is 13.0. The number of ether oxygens (including phenoxy) is 1. The van der Waals surface area contributed by atoms with Gasteiger partial charge >= 0.3 is 0 Å². The van der Waals surface area contributed by atoms with E-state index in [1.165, 1.54) is 17.1 Å². The zero-order valence-corrected chi connectivity index (χ0v) is 22.9. The molecule has 4 rings (SSSR count). The summed E-state index contributed by atoms with van der Waals surface area (Å²) in [7, 11) is 1.67. The van der Waals surface area contributed by atoms with E-state index >= 15 is 0 Å². The van der Waals surface area contributed by atoms with Gasteiger partial charge in [0, 0.05) is 69.7 Å². The standard InChI is InChI=1S/C29H37N5O2S/c1-23(2)34(29-30-27(31-37-29)22-25-11-7-13-26(21-25)36-3)16-14-28(35)33-19-17-32(18-20-33)15-8-12-24-9-5-4-6-10-24/h4-13,21,23H,14-20,22H2,1-3H3/b12-8+. The van der Waals surface area contributed by atoms with Crippen LogP contribution in [0.3, 0.4) is 0 Å². The zero-order chi connectivity index (χ0) is 26.0. The van der Waals surface area contributed by atoms with Gasteiger partial charge in [-0.2, -0.15) is 4.37 Å². The smallest absolute Gasteiger partial charge is 0.224 e. The van der Waals surface area contributed by atoms with Crippen LogP contribution in [0.2, 0.25) is 0 Å². The molecule has 2 aromatic carbocycles. The molecular formula is C29H37N5O2S. The number of aromatic nitrogens is 2. The van der Waals surface area contributed by atoms with E-state index in [1.807, 2.05) is 29.2 Å². The van der Waals surface area contributed by atoms with Crippen LogP contribution in [0, 0.1) is 0 Å². The zero-order valence-electron chi connectivity index (χ0n) is 22.0. The van der Waals surface area contributed by atoms with Gasteiger partial charge in [-0.3, -0.25) is 9.69 Å². The number of methoxy groups -OCH3 is 1. The van der Waals surface area contributed by atoms with Crippen LogP contribution in [0.1, 0.15) is 37.2 Å². The van der Waals surface area contributed by atoms with Crippen molar-refractivity contribution in [1.29, 1.82) is 0 Å². The number of nitrogens with zero attached hydrogens (tertiary/aromatic N) is 5. The van der Waals surface area contributed by atoms with E-state index in [1.54, 1.807) is 7.11 Å². The van der Waals surface area contributed by atoms with Crippen molar-refractivity contribution in [3.05, 3.63) is 77.6 Å². The predicted octanol–water partition coefficient (Wildman–Crippen LogP) is 4.60. The van der Waals surface area contributed by atoms with Crippen molar-refractivity contribution in [2.45, 2.75) is 32.7 Å². The van der Waals surface area contributed by atoms with Crippen LogP contribution in [0.5, 0.6) is 5.75 Å². The second kappa shape index (κ2) is 13.4. The SMILES string of the molecule is COc1cccc(Cc2nsc(N(CCC(=O)N3CCN(C/C=C/c4ccccc4)CC3)C(C)C)n2)c1. The lowest BCUT2D eigenvalue weighted by Crippen LogP contribution is -2.49. The van der Waals surface area contributed by atoms with Gasteiger partial charge in [0.05, 0.1) is 7.11 Å². The van der Waals surface area contributed by atoms with Gasteiger partial charge in [-0.1, -0.05) is 54.6 Å². The lowest BCUT2D eigenvalue weighted by atomic mass is 10.1. The van der Waals surface area contributed by atoms with Crippen LogP contribution in [-0.4, -0.2) is 77.5 Å². The fourth-order valence-corrected chi connectivity index (χ4v) is 5.27. The molecule has 196 valence electrons. The number of rotatable bonds is 11. The number of hydrogen-bond acceptors (Lipinski definition) is 7. The number of benzene rings is 2. The molecule has 0 radical (unpaired) electrons. The first kappa shape index (κ1) is 26.8. The van der Waals surface area contributed by atoms with Crippen molar-refractivity contribution in [3.8, 4) is 5.75 Å². The number of amides is 1. The molecule has 1 aliphatic rings. The Labute approximate surface area is 224 Å². The molecule has 1 aromatic heterocycles. The molecular weight excluding hydrogens is 482 g/mol. The number of anilines is 1. The van der Waals surface area contributed by atoms with Gasteiger partial charge in [-0.05, 0) is 37.1 Å². The highest BCUT2D eigenvalue weighted by atomic mass is 32.1. The molecule has 0 bridgehead atoms. The van der Waals surface area contributed by atoms with Crippen LogP contribution in [-0.2, 0) is 11.2 Å². The number of hydrogen-bond donors (Lipinski definition) is 0. The Balaban J connectivity index is 1.24. The minimum absolute atomic E-state index is 0.214. The highest BCUT2D eigenvalue weighted by Crippen LogP contribution is 2.23. The average molecular weight is 520 g/mol. The third-order valence-electron chi connectivity index (χ3n) is 6.59. The van der Waals surface area contributed by atoms with Crippen LogP contribution in [0.15, 0.2) is 60.7 Å². The molecule has 37 heavy (non-hydrogen) atoms. The van der Waals surface area contributed by atoms with Gasteiger partial charge in [-0.25, -0.2) is 4.98 Å². The fraction of sp³-hybridized carbons (Fsp3) is 0.414. The van der Waals surface area contributed by atoms with Crippen molar-refractivity contribution in [3.63, 3.8) is 0 Å². The second-order valence-electron chi connectivity index (χ2n) is 9.55. The van der Waals surface area contributed by atoms with E-state index in [4.69, 9.17) is 9.72 Å². The molecule has 8 heteroatoms. The molecule has 0 spiro atoms. The van der Waals surface area contributed by atoms with Gasteiger partial charge < -0.3 is 14.5 Å². The Morgan fingerprint density at radius 1 is 1.11 bits per heavy atom. The first-order valence-corrected chi connectivity index (χ1v) is 13.7. The summed E-state index contributed by atoms with van der Waals surface area (Å²) in [6, 6.07) is 18.6. The molecule has 0 atom stereocenters. The summed E-state index contributed by atoms with van der Waals surface area (Å²) in [6.45, 7) is 9.19. The lowest BCUT2D eigenvalue weighted by Gasteiger charge is -2.35. The molecule has 0 N–H and O–H groups in total. The molecule has 1 saturated heterocycles. The Hall–Kier alpha value is -3.23. The summed E-state index contributed by atoms with van der Waals surface area (Å²) < 4.78 is 9.90. The van der Waals surface area contributed by atoms with Crippen molar-refractivity contribution < 1.29 is 9.53 Å². The van der Waals surface area contributed by atoms with E-state index in [0.717, 1.165) is 55.0 Å². The Morgan fingerprint density at radius 3 is 2.62 bits per heavy atom. The number of piperazine rings is 1. The summed E-state index contributed by atoms with van der Waals surface area (Å²) in [4.78, 5) is 24.4. The Morgan fingerprint density at radius 2 is 1.89 bits per heavy atom. The van der Waals surface area contributed by atoms with Crippen molar-refractivity contribution in [2.24, 2.45) is 0 Å². The second-order valence-corrected chi connectivity index (χ2v) is 10.3. The third kappa shape index (κ3) is 7.87. The van der Waals surface area contributed by atoms with Gasteiger partial charge in [0.15, 0.2) is 0 Å². The molecule has 7 nitrogen and oxygen atoms in total. The van der Waals surface area contributed by atoms with E-state index in [0.29, 0.717) is 19.4 Å². The minimum Gasteiger partial charge on any atom is -0.497 e. The van der Waals surface area contributed by atoms with Crippen molar-refractivity contribution in [2.75, 3.05) is 51.3 Å². The largest absolute Gasteiger partial charge is 0.497 e. The van der Waals surface area contributed by atoms with Crippen LogP contribution in [0.4, 0.5) is 5.13 Å². The van der Waals surface area contributed by atoms with E-state index in [-0.39, 0.29) is 11.9 Å². The molecule has 1 aliphatic heterocycles. The summed E-state index contributed by atoms with van der Waals surface area (Å²) in [5.74, 6) is 1.84. The first-order valence-electron chi connectivity index (χ1n) is 13.0. The van der Waals surface area contributed by atoms with Crippen molar-refractivity contribution >= 4 is 28.6 Å². The quantitative estimate of drug-likeness (QED) is 0.369. The Bertz CT molecular complexity index is 1160. The topological polar surface area (TPSA) is 61.8 Å². The van der Waals surface area contributed by atoms with E-state index < -0.39 is 0 Å². The summed E-state index contributed by atoms with van der Waals surface area (Å²) >= 11 is 1.40. The number of carbonyl (C=O) groups excluding carboxylic acids is 1. The van der Waals surface area contributed by atoms with Crippen LogP contribution < -0.4 is 9.64 Å². The molecule has 3 aromatic rings. The molecule has 1 amide bonds. The maximum Gasteiger partial charge on any atom is 0.224 e. The molecule has 1 fully saturated rings. The van der Waals surface area contributed by atoms with Gasteiger partial charge in [0.25, 0.3) is 0 Å². The number of carbonyl (C=O) groups is 1. The lowest BCUT2D eigenvalue weighted by molar-refractivity contribution is -0.132. The summed E-state index contributed by atoms with van der Waals surface area (Å²) in [5.41, 5.74) is 2.33. The third-order valence-corrected chi connectivity index (χ3v) is 7.38. The van der Waals surface area contributed by atoms with Crippen LogP contribution in [0.25, 0.3) is 6.08 Å². The van der Waals surface area contributed by atoms with E-state index in [9.17, 15) is 4.79 Å². The van der Waals surface area contributed by atoms with Gasteiger partial charge in [-0.15, -0.1) is 0 Å². The van der Waals surface area contributed by atoms with Gasteiger partial charge in [0.2, 0.25) is 11.0 Å². The average Bonchev–Trinajstić information content (AvgIpc) is 3.37. The Kier molecular flexibility index (Phi) is 9.68. The highest BCUT2D eigenvalue weighted by molar-refractivity contribution is 7.09.